The van der Waals surface area contributed by atoms with Gasteiger partial charge in [0, 0.05) is 55.6 Å². The Hall–Kier alpha value is -3.64. The number of rotatable bonds is 5. The monoisotopic (exact) mass is 530 g/mol. The van der Waals surface area contributed by atoms with Crippen LogP contribution in [0.15, 0.2) is 65.7 Å². The molecule has 0 bridgehead atoms. The highest BCUT2D eigenvalue weighted by atomic mass is 32.2. The van der Waals surface area contributed by atoms with Crippen LogP contribution in [0.4, 0.5) is 30.5 Å². The summed E-state index contributed by atoms with van der Waals surface area (Å²) in [6.07, 6.45) is -2.64. The molecule has 8 nitrogen and oxygen atoms in total. The summed E-state index contributed by atoms with van der Waals surface area (Å²) in [5.41, 5.74) is 1.63. The van der Waals surface area contributed by atoms with Crippen molar-refractivity contribution in [3.05, 3.63) is 66.4 Å². The second kappa shape index (κ2) is 9.34. The van der Waals surface area contributed by atoms with Gasteiger partial charge < -0.3 is 15.1 Å². The van der Waals surface area contributed by atoms with Crippen LogP contribution in [0.5, 0.6) is 0 Å². The third-order valence-corrected chi connectivity index (χ3v) is 7.45. The Morgan fingerprint density at radius 2 is 1.68 bits per heavy atom. The van der Waals surface area contributed by atoms with Crippen LogP contribution in [0.1, 0.15) is 5.56 Å². The lowest BCUT2D eigenvalue weighted by Gasteiger charge is -2.34. The number of fused-ring (bicyclic) bond motifs is 1. The maximum absolute atomic E-state index is 13.7. The van der Waals surface area contributed by atoms with Crippen LogP contribution in [0.2, 0.25) is 0 Å². The second-order valence-electron chi connectivity index (χ2n) is 9.11. The zero-order valence-corrected chi connectivity index (χ0v) is 21.0. The molecule has 4 aromatic rings. The highest BCUT2D eigenvalue weighted by Crippen LogP contribution is 2.35. The first-order chi connectivity index (χ1) is 17.5. The Balaban J connectivity index is 1.51. The molecule has 5 rings (SSSR count). The van der Waals surface area contributed by atoms with Crippen LogP contribution in [0.3, 0.4) is 0 Å². The molecule has 0 spiro atoms. The normalized spacial score (nSPS) is 15.3. The van der Waals surface area contributed by atoms with Gasteiger partial charge in [-0.1, -0.05) is 18.2 Å². The summed E-state index contributed by atoms with van der Waals surface area (Å²) in [6.45, 7) is 3.71. The lowest BCUT2D eigenvalue weighted by atomic mass is 10.1. The van der Waals surface area contributed by atoms with E-state index in [4.69, 9.17) is 0 Å². The Kier molecular flexibility index (Phi) is 6.32. The minimum absolute atomic E-state index is 0.0725. The fourth-order valence-corrected chi connectivity index (χ4v) is 4.89. The quantitative estimate of drug-likeness (QED) is 0.412. The van der Waals surface area contributed by atoms with Gasteiger partial charge in [-0.2, -0.15) is 18.2 Å². The third-order valence-electron chi connectivity index (χ3n) is 6.32. The molecule has 0 saturated carbocycles. The van der Waals surface area contributed by atoms with Crippen molar-refractivity contribution in [2.75, 3.05) is 49.7 Å². The molecule has 0 atom stereocenters. The van der Waals surface area contributed by atoms with Crippen molar-refractivity contribution in [1.82, 2.24) is 19.5 Å². The van der Waals surface area contributed by atoms with Gasteiger partial charge in [0.1, 0.15) is 0 Å². The highest BCUT2D eigenvalue weighted by Gasteiger charge is 2.32. The van der Waals surface area contributed by atoms with E-state index in [-0.39, 0.29) is 22.1 Å². The molecule has 1 aliphatic heterocycles. The Bertz CT molecular complexity index is 1540. The third kappa shape index (κ3) is 5.39. The zero-order valence-electron chi connectivity index (χ0n) is 20.2. The molecule has 0 unspecified atom stereocenters. The number of halogens is 3. The van der Waals surface area contributed by atoms with Gasteiger partial charge in [-0.25, -0.2) is 12.9 Å². The fourth-order valence-electron chi connectivity index (χ4n) is 4.26. The fraction of sp³-hybridized carbons (Fsp3) is 0.280. The van der Waals surface area contributed by atoms with Crippen LogP contribution in [-0.2, 0) is 16.0 Å². The van der Waals surface area contributed by atoms with Crippen molar-refractivity contribution >= 4 is 32.8 Å². The second-order valence-corrected chi connectivity index (χ2v) is 11.1. The number of pyridine rings is 1. The topological polar surface area (TPSA) is 82.8 Å². The molecular formula is C25H25F3N6O2S. The van der Waals surface area contributed by atoms with Gasteiger partial charge in [0.05, 0.1) is 10.5 Å². The molecule has 2 aromatic carbocycles. The molecule has 0 amide bonds. The number of hydrogen-bond donors (Lipinski definition) is 1. The summed E-state index contributed by atoms with van der Waals surface area (Å²) in [5.74, 6) is 0.142. The van der Waals surface area contributed by atoms with E-state index >= 15 is 0 Å². The van der Waals surface area contributed by atoms with E-state index in [1.54, 1.807) is 0 Å². The minimum atomic E-state index is -4.61. The molecule has 1 N–H and O–H groups in total. The van der Waals surface area contributed by atoms with Crippen molar-refractivity contribution in [3.8, 4) is 11.1 Å². The molecule has 1 aliphatic rings. The Labute approximate surface area is 212 Å². The van der Waals surface area contributed by atoms with Crippen LogP contribution >= 0.6 is 0 Å². The van der Waals surface area contributed by atoms with Crippen LogP contribution in [0, 0.1) is 0 Å². The molecule has 12 heteroatoms. The maximum Gasteiger partial charge on any atom is 0.417 e. The standard InChI is InChI=1S/C25H25F3N6O2S/c1-32-10-12-33(13-11-32)20-5-3-4-19(15-20)29-24-30-23-22(14-18(25(26,27)28)16-34(23)31-24)17-6-8-21(9-7-17)37(2,35)36/h3-9,14-16H,10-13H2,1-2H3,(H,29,31). The summed E-state index contributed by atoms with van der Waals surface area (Å²) in [5, 5.41) is 7.36. The number of anilines is 3. The van der Waals surface area contributed by atoms with E-state index < -0.39 is 21.6 Å². The number of aromatic nitrogens is 3. The molecule has 194 valence electrons. The Morgan fingerprint density at radius 1 is 0.973 bits per heavy atom. The predicted molar refractivity (Wildman–Crippen MR) is 136 cm³/mol. The highest BCUT2D eigenvalue weighted by molar-refractivity contribution is 7.90. The molecule has 0 aliphatic carbocycles. The average molecular weight is 531 g/mol. The molecule has 1 saturated heterocycles. The van der Waals surface area contributed by atoms with Crippen molar-refractivity contribution in [1.29, 1.82) is 0 Å². The summed E-state index contributed by atoms with van der Waals surface area (Å²) in [4.78, 5) is 9.08. The SMILES string of the molecule is CN1CCN(c2cccc(Nc3nc4c(-c5ccc(S(C)(=O)=O)cc5)cc(C(F)(F)F)cn4n3)c2)CC1. The summed E-state index contributed by atoms with van der Waals surface area (Å²) in [7, 11) is -1.36. The molecule has 1 fully saturated rings. The van der Waals surface area contributed by atoms with E-state index in [0.29, 0.717) is 11.3 Å². The van der Waals surface area contributed by atoms with Gasteiger partial charge in [0.2, 0.25) is 5.95 Å². The number of sulfone groups is 1. The first-order valence-electron chi connectivity index (χ1n) is 11.6. The van der Waals surface area contributed by atoms with E-state index in [1.165, 1.54) is 24.3 Å². The van der Waals surface area contributed by atoms with Gasteiger partial charge in [-0.3, -0.25) is 0 Å². The van der Waals surface area contributed by atoms with Crippen LogP contribution in [0.25, 0.3) is 16.8 Å². The summed E-state index contributed by atoms with van der Waals surface area (Å²) in [6, 6.07) is 14.4. The number of hydrogen-bond acceptors (Lipinski definition) is 7. The molecular weight excluding hydrogens is 505 g/mol. The number of likely N-dealkylation sites (N-methyl/N-ethyl adjacent to an activating group) is 1. The number of piperazine rings is 1. The summed E-state index contributed by atoms with van der Waals surface area (Å²) >= 11 is 0. The number of benzene rings is 2. The van der Waals surface area contributed by atoms with Gasteiger partial charge in [-0.15, -0.1) is 5.10 Å². The smallest absolute Gasteiger partial charge is 0.369 e. The molecule has 37 heavy (non-hydrogen) atoms. The maximum atomic E-state index is 13.7. The first-order valence-corrected chi connectivity index (χ1v) is 13.5. The predicted octanol–water partition coefficient (Wildman–Crippen LogP) is 4.31. The van der Waals surface area contributed by atoms with E-state index in [1.807, 2.05) is 24.3 Å². The van der Waals surface area contributed by atoms with Crippen molar-refractivity contribution in [3.63, 3.8) is 0 Å². The summed E-state index contributed by atoms with van der Waals surface area (Å²) < 4.78 is 65.7. The number of alkyl halides is 3. The lowest BCUT2D eigenvalue weighted by Crippen LogP contribution is -2.44. The van der Waals surface area contributed by atoms with Crippen molar-refractivity contribution < 1.29 is 21.6 Å². The van der Waals surface area contributed by atoms with Gasteiger partial charge >= 0.3 is 6.18 Å². The number of nitrogens with zero attached hydrogens (tertiary/aromatic N) is 5. The minimum Gasteiger partial charge on any atom is -0.369 e. The molecule has 3 heterocycles. The first kappa shape index (κ1) is 25.0. The number of nitrogens with one attached hydrogen (secondary N) is 1. The van der Waals surface area contributed by atoms with E-state index in [9.17, 15) is 21.6 Å². The van der Waals surface area contributed by atoms with Crippen LogP contribution < -0.4 is 10.2 Å². The van der Waals surface area contributed by atoms with Crippen molar-refractivity contribution in [2.45, 2.75) is 11.1 Å². The lowest BCUT2D eigenvalue weighted by molar-refractivity contribution is -0.137. The Morgan fingerprint density at radius 3 is 2.32 bits per heavy atom. The zero-order chi connectivity index (χ0) is 26.4. The van der Waals surface area contributed by atoms with Crippen molar-refractivity contribution in [2.24, 2.45) is 0 Å². The largest absolute Gasteiger partial charge is 0.417 e. The molecule has 2 aromatic heterocycles. The van der Waals surface area contributed by atoms with E-state index in [2.05, 4.69) is 32.2 Å². The van der Waals surface area contributed by atoms with Gasteiger partial charge in [0.25, 0.3) is 0 Å². The average Bonchev–Trinajstić information content (AvgIpc) is 3.25. The van der Waals surface area contributed by atoms with Gasteiger partial charge in [0.15, 0.2) is 15.5 Å². The van der Waals surface area contributed by atoms with E-state index in [0.717, 1.165) is 54.9 Å². The van der Waals surface area contributed by atoms with Gasteiger partial charge in [-0.05, 0) is 49.0 Å². The van der Waals surface area contributed by atoms with Crippen LogP contribution in [-0.4, -0.2) is 67.4 Å². The molecule has 0 radical (unpaired) electrons.